The summed E-state index contributed by atoms with van der Waals surface area (Å²) in [4.78, 5) is 24.1. The second-order valence-corrected chi connectivity index (χ2v) is 3.63. The largest absolute Gasteiger partial charge is 0.490 e. The maximum absolute atomic E-state index is 11.0. The number of Topliss-reactive ketones (excluding diaryl/α,β-unsaturated/α-hetero) is 1. The number of carboxylic acid groups (broad SMARTS) is 1. The zero-order valence-corrected chi connectivity index (χ0v) is 9.20. The normalized spacial score (nSPS) is 14.3. The molecule has 1 aromatic rings. The Kier molecular flexibility index (Phi) is 4.41. The SMILES string of the molecule is O=C(O)C(F)(F)F.O=C1CCc2ncccc2C1. The van der Waals surface area contributed by atoms with Gasteiger partial charge in [-0.3, -0.25) is 9.78 Å². The topological polar surface area (TPSA) is 67.3 Å². The number of aliphatic carboxylic acids is 1. The van der Waals surface area contributed by atoms with Crippen LogP contribution in [0, 0.1) is 0 Å². The lowest BCUT2D eigenvalue weighted by atomic mass is 9.95. The molecular formula is C11H10F3NO3. The molecule has 0 atom stereocenters. The van der Waals surface area contributed by atoms with Gasteiger partial charge in [-0.05, 0) is 18.1 Å². The maximum atomic E-state index is 11.0. The van der Waals surface area contributed by atoms with Crippen molar-refractivity contribution in [2.24, 2.45) is 0 Å². The van der Waals surface area contributed by atoms with Crippen molar-refractivity contribution < 1.29 is 27.9 Å². The standard InChI is InChI=1S/C9H9NO.C2HF3O2/c11-8-3-4-9-7(6-8)2-1-5-10-9;3-2(4,5)1(6)7/h1-2,5H,3-4,6H2;(H,6,7). The van der Waals surface area contributed by atoms with E-state index in [1.807, 2.05) is 12.1 Å². The fraction of sp³-hybridized carbons (Fsp3) is 0.364. The predicted octanol–water partition coefficient (Wildman–Crippen LogP) is 1.77. The summed E-state index contributed by atoms with van der Waals surface area (Å²) in [5.74, 6) is -2.42. The minimum Gasteiger partial charge on any atom is -0.475 e. The molecule has 4 nitrogen and oxygen atoms in total. The quantitative estimate of drug-likeness (QED) is 0.772. The third-order valence-electron chi connectivity index (χ3n) is 2.26. The fourth-order valence-corrected chi connectivity index (χ4v) is 1.42. The number of pyridine rings is 1. The highest BCUT2D eigenvalue weighted by Crippen LogP contribution is 2.15. The number of nitrogens with zero attached hydrogens (tertiary/aromatic N) is 1. The van der Waals surface area contributed by atoms with Crippen LogP contribution in [-0.2, 0) is 22.4 Å². The number of carbonyl (C=O) groups excluding carboxylic acids is 1. The predicted molar refractivity (Wildman–Crippen MR) is 55.0 cm³/mol. The lowest BCUT2D eigenvalue weighted by molar-refractivity contribution is -0.192. The molecule has 0 unspecified atom stereocenters. The first-order valence-corrected chi connectivity index (χ1v) is 5.05. The van der Waals surface area contributed by atoms with Gasteiger partial charge >= 0.3 is 12.1 Å². The molecule has 0 bridgehead atoms. The summed E-state index contributed by atoms with van der Waals surface area (Å²) in [6.07, 6.45) is -1.21. The minimum atomic E-state index is -5.08. The minimum absolute atomic E-state index is 0.338. The third kappa shape index (κ3) is 4.15. The van der Waals surface area contributed by atoms with Crippen molar-refractivity contribution in [3.05, 3.63) is 29.6 Å². The van der Waals surface area contributed by atoms with Gasteiger partial charge in [0.05, 0.1) is 0 Å². The molecule has 7 heteroatoms. The van der Waals surface area contributed by atoms with Crippen LogP contribution in [0.15, 0.2) is 18.3 Å². The Morgan fingerprint density at radius 3 is 2.50 bits per heavy atom. The number of hydrogen-bond donors (Lipinski definition) is 1. The van der Waals surface area contributed by atoms with Crippen molar-refractivity contribution in [1.29, 1.82) is 0 Å². The summed E-state index contributed by atoms with van der Waals surface area (Å²) in [7, 11) is 0. The fourth-order valence-electron chi connectivity index (χ4n) is 1.42. The van der Waals surface area contributed by atoms with E-state index in [1.165, 1.54) is 0 Å². The van der Waals surface area contributed by atoms with E-state index in [0.717, 1.165) is 17.7 Å². The Balaban J connectivity index is 0.000000203. The van der Waals surface area contributed by atoms with E-state index in [2.05, 4.69) is 4.98 Å². The van der Waals surface area contributed by atoms with E-state index in [1.54, 1.807) is 6.20 Å². The van der Waals surface area contributed by atoms with Crippen molar-refractivity contribution in [3.8, 4) is 0 Å². The molecule has 18 heavy (non-hydrogen) atoms. The van der Waals surface area contributed by atoms with E-state index >= 15 is 0 Å². The van der Waals surface area contributed by atoms with Gasteiger partial charge in [0.15, 0.2) is 0 Å². The first-order valence-electron chi connectivity index (χ1n) is 5.05. The van der Waals surface area contributed by atoms with Crippen molar-refractivity contribution in [1.82, 2.24) is 4.98 Å². The van der Waals surface area contributed by atoms with Crippen LogP contribution < -0.4 is 0 Å². The van der Waals surface area contributed by atoms with Crippen LogP contribution in [0.5, 0.6) is 0 Å². The lowest BCUT2D eigenvalue weighted by Crippen LogP contribution is -2.21. The Bertz CT molecular complexity index is 457. The van der Waals surface area contributed by atoms with Gasteiger partial charge in [0.25, 0.3) is 0 Å². The van der Waals surface area contributed by atoms with Crippen LogP contribution in [0.25, 0.3) is 0 Å². The Morgan fingerprint density at radius 2 is 1.94 bits per heavy atom. The van der Waals surface area contributed by atoms with Gasteiger partial charge in [-0.15, -0.1) is 0 Å². The summed E-state index contributed by atoms with van der Waals surface area (Å²) >= 11 is 0. The molecule has 98 valence electrons. The zero-order valence-electron chi connectivity index (χ0n) is 9.20. The molecule has 1 aliphatic carbocycles. The van der Waals surface area contributed by atoms with E-state index in [0.29, 0.717) is 18.6 Å². The van der Waals surface area contributed by atoms with Crippen LogP contribution in [0.1, 0.15) is 17.7 Å². The van der Waals surface area contributed by atoms with Crippen LogP contribution in [0.4, 0.5) is 13.2 Å². The number of ketones is 1. The molecule has 0 fully saturated rings. The van der Waals surface area contributed by atoms with E-state index < -0.39 is 12.1 Å². The number of hydrogen-bond acceptors (Lipinski definition) is 3. The second-order valence-electron chi connectivity index (χ2n) is 3.63. The highest BCUT2D eigenvalue weighted by Gasteiger charge is 2.38. The molecule has 0 saturated heterocycles. The molecule has 0 aromatic carbocycles. The molecule has 1 N–H and O–H groups in total. The lowest BCUT2D eigenvalue weighted by Gasteiger charge is -2.11. The van der Waals surface area contributed by atoms with Gasteiger partial charge in [-0.2, -0.15) is 13.2 Å². The maximum Gasteiger partial charge on any atom is 0.490 e. The van der Waals surface area contributed by atoms with Gasteiger partial charge in [-0.25, -0.2) is 4.79 Å². The molecule has 0 saturated carbocycles. The Hall–Kier alpha value is -1.92. The van der Waals surface area contributed by atoms with Crippen molar-refractivity contribution >= 4 is 11.8 Å². The summed E-state index contributed by atoms with van der Waals surface area (Å²) in [6, 6.07) is 3.87. The van der Waals surface area contributed by atoms with E-state index in [-0.39, 0.29) is 0 Å². The number of alkyl halides is 3. The number of carbonyl (C=O) groups is 2. The van der Waals surface area contributed by atoms with Crippen LogP contribution >= 0.6 is 0 Å². The highest BCUT2D eigenvalue weighted by molar-refractivity contribution is 5.82. The summed E-state index contributed by atoms with van der Waals surface area (Å²) in [5, 5.41) is 7.12. The van der Waals surface area contributed by atoms with Gasteiger partial charge in [0.2, 0.25) is 0 Å². The van der Waals surface area contributed by atoms with Gasteiger partial charge in [0, 0.05) is 24.7 Å². The average molecular weight is 261 g/mol. The number of fused-ring (bicyclic) bond motifs is 1. The van der Waals surface area contributed by atoms with Gasteiger partial charge in [-0.1, -0.05) is 6.07 Å². The second kappa shape index (κ2) is 5.61. The molecular weight excluding hydrogens is 251 g/mol. The van der Waals surface area contributed by atoms with Crippen LogP contribution in [-0.4, -0.2) is 28.0 Å². The van der Waals surface area contributed by atoms with Crippen LogP contribution in [0.2, 0.25) is 0 Å². The van der Waals surface area contributed by atoms with Crippen molar-refractivity contribution in [2.75, 3.05) is 0 Å². The average Bonchev–Trinajstić information content (AvgIpc) is 2.28. The monoisotopic (exact) mass is 261 g/mol. The zero-order chi connectivity index (χ0) is 13.8. The molecule has 0 spiro atoms. The van der Waals surface area contributed by atoms with Gasteiger partial charge in [0.1, 0.15) is 5.78 Å². The molecule has 0 radical (unpaired) electrons. The Labute approximate surface area is 100 Å². The van der Waals surface area contributed by atoms with E-state index in [9.17, 15) is 18.0 Å². The summed E-state index contributed by atoms with van der Waals surface area (Å²) in [6.45, 7) is 0. The molecule has 1 heterocycles. The number of aryl methyl sites for hydroxylation is 1. The molecule has 0 aliphatic heterocycles. The number of carboxylic acids is 1. The number of halogens is 3. The first kappa shape index (κ1) is 14.1. The molecule has 0 amide bonds. The third-order valence-corrected chi connectivity index (χ3v) is 2.26. The summed E-state index contributed by atoms with van der Waals surface area (Å²) in [5.41, 5.74) is 2.22. The Morgan fingerprint density at radius 1 is 1.33 bits per heavy atom. The summed E-state index contributed by atoms with van der Waals surface area (Å²) < 4.78 is 31.7. The van der Waals surface area contributed by atoms with Crippen molar-refractivity contribution in [3.63, 3.8) is 0 Å². The molecule has 1 aliphatic rings. The number of aromatic nitrogens is 1. The highest BCUT2D eigenvalue weighted by atomic mass is 19.4. The first-order chi connectivity index (χ1) is 8.30. The number of rotatable bonds is 0. The smallest absolute Gasteiger partial charge is 0.475 e. The van der Waals surface area contributed by atoms with Gasteiger partial charge < -0.3 is 5.11 Å². The van der Waals surface area contributed by atoms with E-state index in [4.69, 9.17) is 9.90 Å². The van der Waals surface area contributed by atoms with Crippen LogP contribution in [0.3, 0.4) is 0 Å². The van der Waals surface area contributed by atoms with Crippen molar-refractivity contribution in [2.45, 2.75) is 25.4 Å². The molecule has 2 rings (SSSR count). The molecule has 1 aromatic heterocycles.